The lowest BCUT2D eigenvalue weighted by Crippen LogP contribution is -2.30. The quantitative estimate of drug-likeness (QED) is 0.846. The highest BCUT2D eigenvalue weighted by molar-refractivity contribution is 6.32. The zero-order valence-electron chi connectivity index (χ0n) is 10.3. The number of halogens is 1. The number of nitrogens with one attached hydrogen (secondary N) is 1. The van der Waals surface area contributed by atoms with Gasteiger partial charge in [-0.05, 0) is 29.8 Å². The first kappa shape index (κ1) is 13.9. The molecule has 0 spiro atoms. The van der Waals surface area contributed by atoms with Crippen LogP contribution >= 0.6 is 11.6 Å². The van der Waals surface area contributed by atoms with E-state index in [1.54, 1.807) is 30.3 Å². The van der Waals surface area contributed by atoms with Crippen LogP contribution in [0.2, 0.25) is 5.02 Å². The van der Waals surface area contributed by atoms with Crippen LogP contribution in [-0.2, 0) is 4.79 Å². The first-order valence-corrected chi connectivity index (χ1v) is 6.06. The smallest absolute Gasteiger partial charge is 0.291 e. The fraction of sp³-hybridized carbons (Fsp3) is 0. The van der Waals surface area contributed by atoms with Gasteiger partial charge in [0.15, 0.2) is 5.76 Å². The van der Waals surface area contributed by atoms with E-state index in [1.165, 1.54) is 18.4 Å². The molecule has 20 heavy (non-hydrogen) atoms. The topological polar surface area (TPSA) is 85.3 Å². The molecule has 1 aromatic carbocycles. The predicted octanol–water partition coefficient (Wildman–Crippen LogP) is 2.19. The van der Waals surface area contributed by atoms with Gasteiger partial charge in [0.05, 0.1) is 6.26 Å². The molecule has 0 saturated heterocycles. The second-order valence-corrected chi connectivity index (χ2v) is 4.28. The molecule has 6 heteroatoms. The number of carbonyl (C=O) groups is 2. The van der Waals surface area contributed by atoms with Gasteiger partial charge in [-0.1, -0.05) is 29.8 Å². The molecule has 0 bridgehead atoms. The highest BCUT2D eigenvalue weighted by Gasteiger charge is 2.14. The molecule has 0 aliphatic rings. The molecule has 0 unspecified atom stereocenters. The van der Waals surface area contributed by atoms with E-state index < -0.39 is 11.8 Å². The van der Waals surface area contributed by atoms with Crippen molar-refractivity contribution < 1.29 is 14.0 Å². The first-order chi connectivity index (χ1) is 9.58. The monoisotopic (exact) mass is 290 g/mol. The van der Waals surface area contributed by atoms with E-state index in [9.17, 15) is 9.59 Å². The summed E-state index contributed by atoms with van der Waals surface area (Å²) in [5, 5.41) is 2.83. The lowest BCUT2D eigenvalue weighted by molar-refractivity contribution is -0.114. The summed E-state index contributed by atoms with van der Waals surface area (Å²) < 4.78 is 4.93. The lowest BCUT2D eigenvalue weighted by atomic mass is 10.2. The molecule has 2 amide bonds. The minimum absolute atomic E-state index is 0.0699. The lowest BCUT2D eigenvalue weighted by Gasteiger charge is -2.06. The Balaban J connectivity index is 2.26. The van der Waals surface area contributed by atoms with Crippen LogP contribution in [0.25, 0.3) is 6.08 Å². The third-order valence-electron chi connectivity index (χ3n) is 2.46. The van der Waals surface area contributed by atoms with Crippen molar-refractivity contribution in [1.29, 1.82) is 0 Å². The fourth-order valence-electron chi connectivity index (χ4n) is 1.51. The summed E-state index contributed by atoms with van der Waals surface area (Å²) in [6.07, 6.45) is 2.77. The third kappa shape index (κ3) is 3.27. The maximum absolute atomic E-state index is 11.8. The van der Waals surface area contributed by atoms with E-state index in [2.05, 4.69) is 5.32 Å². The first-order valence-electron chi connectivity index (χ1n) is 5.69. The minimum Gasteiger partial charge on any atom is -0.459 e. The average molecular weight is 291 g/mol. The zero-order chi connectivity index (χ0) is 14.5. The molecule has 0 radical (unpaired) electrons. The number of benzene rings is 1. The van der Waals surface area contributed by atoms with Crippen LogP contribution in [0.5, 0.6) is 0 Å². The van der Waals surface area contributed by atoms with Gasteiger partial charge in [-0.25, -0.2) is 0 Å². The number of amides is 2. The summed E-state index contributed by atoms with van der Waals surface area (Å²) in [6.45, 7) is 0. The van der Waals surface area contributed by atoms with Crippen molar-refractivity contribution in [3.8, 4) is 0 Å². The van der Waals surface area contributed by atoms with Crippen LogP contribution in [0.15, 0.2) is 52.8 Å². The van der Waals surface area contributed by atoms with Gasteiger partial charge in [0.25, 0.3) is 11.8 Å². The maximum atomic E-state index is 11.8. The number of primary amides is 1. The Hall–Kier alpha value is -2.53. The number of furan rings is 1. The Bertz CT molecular complexity index is 663. The molecule has 0 saturated carbocycles. The Labute approximate surface area is 120 Å². The van der Waals surface area contributed by atoms with E-state index in [0.717, 1.165) is 0 Å². The summed E-state index contributed by atoms with van der Waals surface area (Å²) in [5.41, 5.74) is 5.74. The molecule has 0 aliphatic carbocycles. The predicted molar refractivity (Wildman–Crippen MR) is 74.8 cm³/mol. The van der Waals surface area contributed by atoms with E-state index in [4.69, 9.17) is 21.8 Å². The van der Waals surface area contributed by atoms with Crippen molar-refractivity contribution in [3.63, 3.8) is 0 Å². The van der Waals surface area contributed by atoms with Crippen molar-refractivity contribution in [2.24, 2.45) is 5.73 Å². The van der Waals surface area contributed by atoms with Crippen LogP contribution in [-0.4, -0.2) is 11.8 Å². The molecule has 2 rings (SSSR count). The highest BCUT2D eigenvalue weighted by Crippen LogP contribution is 2.17. The van der Waals surface area contributed by atoms with Gasteiger partial charge < -0.3 is 15.5 Å². The summed E-state index contributed by atoms with van der Waals surface area (Å²) in [6, 6.07) is 9.92. The molecule has 5 nitrogen and oxygen atoms in total. The normalized spacial score (nSPS) is 11.2. The van der Waals surface area contributed by atoms with Gasteiger partial charge in [-0.2, -0.15) is 0 Å². The Morgan fingerprint density at radius 3 is 2.55 bits per heavy atom. The SMILES string of the molecule is NC(=O)C(=Cc1ccccc1Cl)NC(=O)c1ccco1. The molecule has 0 atom stereocenters. The van der Waals surface area contributed by atoms with Crippen LogP contribution < -0.4 is 11.1 Å². The molecule has 1 heterocycles. The summed E-state index contributed by atoms with van der Waals surface area (Å²) in [5.74, 6) is -1.26. The second kappa shape index (κ2) is 6.08. The fourth-order valence-corrected chi connectivity index (χ4v) is 1.70. The largest absolute Gasteiger partial charge is 0.459 e. The van der Waals surface area contributed by atoms with E-state index >= 15 is 0 Å². The highest BCUT2D eigenvalue weighted by atomic mass is 35.5. The summed E-state index contributed by atoms with van der Waals surface area (Å²) >= 11 is 5.98. The van der Waals surface area contributed by atoms with Gasteiger partial charge in [0, 0.05) is 5.02 Å². The van der Waals surface area contributed by atoms with Crippen LogP contribution in [0, 0.1) is 0 Å². The number of rotatable bonds is 4. The van der Waals surface area contributed by atoms with Crippen LogP contribution in [0.3, 0.4) is 0 Å². The number of nitrogens with two attached hydrogens (primary N) is 1. The van der Waals surface area contributed by atoms with Crippen LogP contribution in [0.1, 0.15) is 16.1 Å². The maximum Gasteiger partial charge on any atom is 0.291 e. The molecular weight excluding hydrogens is 280 g/mol. The van der Waals surface area contributed by atoms with Gasteiger partial charge >= 0.3 is 0 Å². The van der Waals surface area contributed by atoms with Crippen molar-refractivity contribution in [2.75, 3.05) is 0 Å². The molecule has 0 fully saturated rings. The Morgan fingerprint density at radius 1 is 1.20 bits per heavy atom. The van der Waals surface area contributed by atoms with Crippen molar-refractivity contribution in [1.82, 2.24) is 5.32 Å². The number of carbonyl (C=O) groups excluding carboxylic acids is 2. The number of hydrogen-bond donors (Lipinski definition) is 2. The molecule has 3 N–H and O–H groups in total. The van der Waals surface area contributed by atoms with Gasteiger partial charge in [0.1, 0.15) is 5.70 Å². The van der Waals surface area contributed by atoms with Gasteiger partial charge in [-0.3, -0.25) is 9.59 Å². The molecule has 1 aromatic heterocycles. The van der Waals surface area contributed by atoms with E-state index in [0.29, 0.717) is 10.6 Å². The number of hydrogen-bond acceptors (Lipinski definition) is 3. The average Bonchev–Trinajstić information content (AvgIpc) is 2.94. The molecule has 2 aromatic rings. The summed E-state index contributed by atoms with van der Waals surface area (Å²) in [4.78, 5) is 23.2. The van der Waals surface area contributed by atoms with Gasteiger partial charge in [-0.15, -0.1) is 0 Å². The summed E-state index contributed by atoms with van der Waals surface area (Å²) in [7, 11) is 0. The Kier molecular flexibility index (Phi) is 4.22. The molecule has 102 valence electrons. The second-order valence-electron chi connectivity index (χ2n) is 3.88. The van der Waals surface area contributed by atoms with E-state index in [1.807, 2.05) is 0 Å². The minimum atomic E-state index is -0.773. The standard InChI is InChI=1S/C14H11ClN2O3/c15-10-5-2-1-4-9(10)8-11(13(16)18)17-14(19)12-6-3-7-20-12/h1-8H,(H2,16,18)(H,17,19). The third-order valence-corrected chi connectivity index (χ3v) is 2.81. The van der Waals surface area contributed by atoms with Crippen molar-refractivity contribution >= 4 is 29.5 Å². The van der Waals surface area contributed by atoms with Gasteiger partial charge in [0.2, 0.25) is 0 Å². The molecular formula is C14H11ClN2O3. The molecule has 0 aliphatic heterocycles. The van der Waals surface area contributed by atoms with Crippen molar-refractivity contribution in [2.45, 2.75) is 0 Å². The Morgan fingerprint density at radius 2 is 1.95 bits per heavy atom. The van der Waals surface area contributed by atoms with Crippen molar-refractivity contribution in [3.05, 3.63) is 64.7 Å². The van der Waals surface area contributed by atoms with E-state index in [-0.39, 0.29) is 11.5 Å². The zero-order valence-corrected chi connectivity index (χ0v) is 11.1. The van der Waals surface area contributed by atoms with Crippen LogP contribution in [0.4, 0.5) is 0 Å².